The number of hydrogen-bond donors (Lipinski definition) is 0. The molecule has 22 heavy (non-hydrogen) atoms. The molecule has 0 radical (unpaired) electrons. The zero-order valence-corrected chi connectivity index (χ0v) is 14.8. The molecule has 0 aromatic carbocycles. The first kappa shape index (κ1) is 14.7. The number of hydrogen-bond acceptors (Lipinski definition) is 6. The summed E-state index contributed by atoms with van der Waals surface area (Å²) in [4.78, 5) is 8.76. The van der Waals surface area contributed by atoms with Gasteiger partial charge >= 0.3 is 0 Å². The van der Waals surface area contributed by atoms with Crippen molar-refractivity contribution >= 4 is 22.7 Å². The van der Waals surface area contributed by atoms with E-state index in [0.717, 1.165) is 24.4 Å². The van der Waals surface area contributed by atoms with E-state index >= 15 is 0 Å². The molecule has 2 aliphatic rings. The Balaban J connectivity index is 1.50. The Morgan fingerprint density at radius 1 is 1.14 bits per heavy atom. The minimum atomic E-state index is 0.509. The summed E-state index contributed by atoms with van der Waals surface area (Å²) in [6, 6.07) is 0.509. The second kappa shape index (κ2) is 5.98. The van der Waals surface area contributed by atoms with Gasteiger partial charge in [0, 0.05) is 16.8 Å². The maximum Gasteiger partial charge on any atom is 0.131 e. The molecule has 0 bridgehead atoms. The number of rotatable bonds is 5. The summed E-state index contributed by atoms with van der Waals surface area (Å²) in [5, 5.41) is 12.5. The van der Waals surface area contributed by atoms with Gasteiger partial charge in [-0.15, -0.1) is 21.5 Å². The summed E-state index contributed by atoms with van der Waals surface area (Å²) in [6.45, 7) is 3.11. The summed E-state index contributed by atoms with van der Waals surface area (Å²) in [5.74, 6) is 0.714. The monoisotopic (exact) mass is 334 g/mol. The van der Waals surface area contributed by atoms with Crippen LogP contribution >= 0.6 is 22.7 Å². The summed E-state index contributed by atoms with van der Waals surface area (Å²) >= 11 is 3.73. The van der Waals surface area contributed by atoms with Crippen molar-refractivity contribution in [2.24, 2.45) is 0 Å². The SMILES string of the molecule is CCc1nc2c(s1)C(N(C)Cc1nnc(C3CC3)s1)CCC2. The molecule has 0 N–H and O–H groups in total. The van der Waals surface area contributed by atoms with E-state index in [1.54, 1.807) is 0 Å². The lowest BCUT2D eigenvalue weighted by Crippen LogP contribution is -2.26. The van der Waals surface area contributed by atoms with Crippen molar-refractivity contribution in [1.82, 2.24) is 20.1 Å². The number of thiazole rings is 1. The first-order valence-corrected chi connectivity index (χ1v) is 9.89. The lowest BCUT2D eigenvalue weighted by Gasteiger charge is -2.29. The van der Waals surface area contributed by atoms with Crippen LogP contribution in [0.2, 0.25) is 0 Å². The fourth-order valence-corrected chi connectivity index (χ4v) is 5.50. The standard InChI is InChI=1S/C16H22N4S2/c1-3-13-17-11-5-4-6-12(15(11)21-13)20(2)9-14-18-19-16(22-14)10-7-8-10/h10,12H,3-9H2,1-2H3. The Morgan fingerprint density at radius 2 is 2.00 bits per heavy atom. The van der Waals surface area contributed by atoms with E-state index in [4.69, 9.17) is 4.98 Å². The van der Waals surface area contributed by atoms with Crippen molar-refractivity contribution in [2.75, 3.05) is 7.05 Å². The van der Waals surface area contributed by atoms with E-state index in [-0.39, 0.29) is 0 Å². The van der Waals surface area contributed by atoms with Crippen LogP contribution in [0.25, 0.3) is 0 Å². The topological polar surface area (TPSA) is 41.9 Å². The highest BCUT2D eigenvalue weighted by Crippen LogP contribution is 2.42. The van der Waals surface area contributed by atoms with Gasteiger partial charge in [0.2, 0.25) is 0 Å². The Kier molecular flexibility index (Phi) is 4.00. The number of nitrogens with zero attached hydrogens (tertiary/aromatic N) is 4. The second-order valence-corrected chi connectivity index (χ2v) is 8.61. The molecule has 2 aliphatic carbocycles. The maximum atomic E-state index is 4.81. The minimum absolute atomic E-state index is 0.509. The van der Waals surface area contributed by atoms with Crippen LogP contribution in [0, 0.1) is 0 Å². The van der Waals surface area contributed by atoms with Gasteiger partial charge in [-0.1, -0.05) is 18.3 Å². The minimum Gasteiger partial charge on any atom is -0.292 e. The number of aryl methyl sites for hydroxylation is 2. The predicted octanol–water partition coefficient (Wildman–Crippen LogP) is 3.94. The molecule has 4 rings (SSSR count). The normalized spacial score (nSPS) is 21.3. The van der Waals surface area contributed by atoms with Crippen LogP contribution in [-0.4, -0.2) is 27.1 Å². The zero-order chi connectivity index (χ0) is 15.1. The van der Waals surface area contributed by atoms with Crippen molar-refractivity contribution < 1.29 is 0 Å². The lowest BCUT2D eigenvalue weighted by atomic mass is 9.97. The smallest absolute Gasteiger partial charge is 0.131 e. The molecule has 0 aliphatic heterocycles. The van der Waals surface area contributed by atoms with Gasteiger partial charge in [0.1, 0.15) is 10.0 Å². The average molecular weight is 335 g/mol. The summed E-state index contributed by atoms with van der Waals surface area (Å²) in [5.41, 5.74) is 1.35. The Hall–Kier alpha value is -0.850. The number of aromatic nitrogens is 3. The van der Waals surface area contributed by atoms with Crippen LogP contribution in [-0.2, 0) is 19.4 Å². The molecule has 1 fully saturated rings. The fourth-order valence-electron chi connectivity index (χ4n) is 3.17. The fraction of sp³-hybridized carbons (Fsp3) is 0.688. The summed E-state index contributed by atoms with van der Waals surface area (Å²) in [7, 11) is 2.23. The molecular weight excluding hydrogens is 312 g/mol. The maximum absolute atomic E-state index is 4.81. The van der Waals surface area contributed by atoms with E-state index in [2.05, 4.69) is 29.1 Å². The van der Waals surface area contributed by atoms with Gasteiger partial charge in [-0.25, -0.2) is 4.98 Å². The van der Waals surface area contributed by atoms with Crippen molar-refractivity contribution in [3.63, 3.8) is 0 Å². The largest absolute Gasteiger partial charge is 0.292 e. The molecule has 0 spiro atoms. The third-order valence-corrected chi connectivity index (χ3v) is 7.01. The average Bonchev–Trinajstić information content (AvgIpc) is 3.12. The molecule has 2 heterocycles. The molecule has 6 heteroatoms. The quantitative estimate of drug-likeness (QED) is 0.830. The van der Waals surface area contributed by atoms with E-state index in [9.17, 15) is 0 Å². The van der Waals surface area contributed by atoms with Crippen LogP contribution in [0.3, 0.4) is 0 Å². The zero-order valence-electron chi connectivity index (χ0n) is 13.2. The third kappa shape index (κ3) is 2.84. The summed E-state index contributed by atoms with van der Waals surface area (Å²) in [6.07, 6.45) is 7.30. The first-order chi connectivity index (χ1) is 10.7. The van der Waals surface area contributed by atoms with Crippen LogP contribution < -0.4 is 0 Å². The van der Waals surface area contributed by atoms with E-state index in [1.807, 2.05) is 22.7 Å². The van der Waals surface area contributed by atoms with Crippen LogP contribution in [0.4, 0.5) is 0 Å². The van der Waals surface area contributed by atoms with Crippen molar-refractivity contribution in [2.45, 2.75) is 64.0 Å². The highest BCUT2D eigenvalue weighted by Gasteiger charge is 2.30. The Bertz CT molecular complexity index is 659. The van der Waals surface area contributed by atoms with E-state index in [0.29, 0.717) is 12.0 Å². The van der Waals surface area contributed by atoms with Gasteiger partial charge in [-0.3, -0.25) is 4.90 Å². The first-order valence-electron chi connectivity index (χ1n) is 8.25. The van der Waals surface area contributed by atoms with Crippen molar-refractivity contribution in [3.05, 3.63) is 25.6 Å². The van der Waals surface area contributed by atoms with Gasteiger partial charge in [0.25, 0.3) is 0 Å². The third-order valence-electron chi connectivity index (χ3n) is 4.59. The molecule has 0 amide bonds. The molecule has 0 saturated heterocycles. The van der Waals surface area contributed by atoms with Crippen LogP contribution in [0.15, 0.2) is 0 Å². The van der Waals surface area contributed by atoms with Gasteiger partial charge in [-0.2, -0.15) is 0 Å². The molecule has 118 valence electrons. The van der Waals surface area contributed by atoms with E-state index < -0.39 is 0 Å². The lowest BCUT2D eigenvalue weighted by molar-refractivity contribution is 0.215. The summed E-state index contributed by atoms with van der Waals surface area (Å²) < 4.78 is 0. The molecule has 1 unspecified atom stereocenters. The molecule has 2 aromatic heterocycles. The van der Waals surface area contributed by atoms with Gasteiger partial charge in [0.15, 0.2) is 0 Å². The molecule has 1 atom stereocenters. The van der Waals surface area contributed by atoms with Gasteiger partial charge in [-0.05, 0) is 45.6 Å². The van der Waals surface area contributed by atoms with Gasteiger partial charge < -0.3 is 0 Å². The molecule has 1 saturated carbocycles. The highest BCUT2D eigenvalue weighted by atomic mass is 32.1. The molecular formula is C16H22N4S2. The molecule has 2 aromatic rings. The van der Waals surface area contributed by atoms with E-state index in [1.165, 1.54) is 46.3 Å². The Labute approximate surface area is 139 Å². The Morgan fingerprint density at radius 3 is 2.77 bits per heavy atom. The van der Waals surface area contributed by atoms with Crippen molar-refractivity contribution in [1.29, 1.82) is 0 Å². The van der Waals surface area contributed by atoms with Gasteiger partial charge in [0.05, 0.1) is 17.2 Å². The second-order valence-electron chi connectivity index (χ2n) is 6.40. The van der Waals surface area contributed by atoms with Crippen molar-refractivity contribution in [3.8, 4) is 0 Å². The predicted molar refractivity (Wildman–Crippen MR) is 90.5 cm³/mol. The van der Waals surface area contributed by atoms with Crippen LogP contribution in [0.1, 0.15) is 70.2 Å². The number of fused-ring (bicyclic) bond motifs is 1. The van der Waals surface area contributed by atoms with Crippen LogP contribution in [0.5, 0.6) is 0 Å². The highest BCUT2D eigenvalue weighted by molar-refractivity contribution is 7.12. The molecule has 4 nitrogen and oxygen atoms in total.